The molecule has 0 N–H and O–H groups in total. The van der Waals surface area contributed by atoms with Crippen molar-refractivity contribution < 1.29 is 19.0 Å². The number of para-hydroxylation sites is 1. The summed E-state index contributed by atoms with van der Waals surface area (Å²) in [5, 5.41) is 0. The number of fused-ring (bicyclic) bond motifs is 1. The van der Waals surface area contributed by atoms with E-state index < -0.39 is 0 Å². The quantitative estimate of drug-likeness (QED) is 0.696. The van der Waals surface area contributed by atoms with E-state index in [2.05, 4.69) is 21.9 Å². The first-order valence-corrected chi connectivity index (χ1v) is 10.3. The number of nitrogens with zero attached hydrogens (tertiary/aromatic N) is 3. The number of amides is 1. The summed E-state index contributed by atoms with van der Waals surface area (Å²) < 4.78 is 16.2. The Hall–Kier alpha value is -2.77. The molecule has 0 aromatic heterocycles. The van der Waals surface area contributed by atoms with Crippen molar-refractivity contribution >= 4 is 5.91 Å². The molecule has 1 saturated heterocycles. The Labute approximate surface area is 177 Å². The van der Waals surface area contributed by atoms with Crippen molar-refractivity contribution in [2.45, 2.75) is 13.1 Å². The lowest BCUT2D eigenvalue weighted by molar-refractivity contribution is -0.132. The van der Waals surface area contributed by atoms with Crippen LogP contribution >= 0.6 is 0 Å². The van der Waals surface area contributed by atoms with E-state index in [0.717, 1.165) is 55.5 Å². The average molecular weight is 412 g/mol. The number of benzene rings is 2. The summed E-state index contributed by atoms with van der Waals surface area (Å²) in [5.41, 5.74) is 2.24. The van der Waals surface area contributed by atoms with E-state index in [-0.39, 0.29) is 5.91 Å². The molecule has 7 nitrogen and oxygen atoms in total. The van der Waals surface area contributed by atoms with Crippen molar-refractivity contribution in [3.05, 3.63) is 53.6 Å². The van der Waals surface area contributed by atoms with Gasteiger partial charge in [0, 0.05) is 51.9 Å². The van der Waals surface area contributed by atoms with Crippen LogP contribution in [-0.4, -0.2) is 74.3 Å². The summed E-state index contributed by atoms with van der Waals surface area (Å²) in [6.45, 7) is 5.84. The molecule has 1 fully saturated rings. The number of likely N-dealkylation sites (N-methyl/N-ethyl adjacent to an activating group) is 1. The predicted molar refractivity (Wildman–Crippen MR) is 114 cm³/mol. The molecule has 0 atom stereocenters. The minimum atomic E-state index is 0.130. The Kier molecular flexibility index (Phi) is 6.40. The number of carbonyl (C=O) groups excluding carboxylic acids is 1. The van der Waals surface area contributed by atoms with Crippen molar-refractivity contribution in [3.8, 4) is 17.2 Å². The first-order valence-electron chi connectivity index (χ1n) is 10.3. The Balaban J connectivity index is 1.23. The molecule has 7 heteroatoms. The van der Waals surface area contributed by atoms with Gasteiger partial charge in [-0.1, -0.05) is 24.3 Å². The van der Waals surface area contributed by atoms with Gasteiger partial charge in [-0.05, 0) is 23.8 Å². The highest BCUT2D eigenvalue weighted by molar-refractivity contribution is 5.78. The van der Waals surface area contributed by atoms with E-state index in [1.54, 1.807) is 12.0 Å². The number of hydrogen-bond acceptors (Lipinski definition) is 6. The second-order valence-corrected chi connectivity index (χ2v) is 7.80. The molecule has 160 valence electrons. The lowest BCUT2D eigenvalue weighted by Gasteiger charge is -2.35. The molecule has 0 aliphatic carbocycles. The third-order valence-corrected chi connectivity index (χ3v) is 5.69. The van der Waals surface area contributed by atoms with Crippen LogP contribution in [0.5, 0.6) is 17.2 Å². The van der Waals surface area contributed by atoms with E-state index in [9.17, 15) is 4.79 Å². The number of piperazine rings is 1. The number of hydrogen-bond donors (Lipinski definition) is 0. The summed E-state index contributed by atoms with van der Waals surface area (Å²) in [6, 6.07) is 14.0. The molecular formula is C23H29N3O4. The fourth-order valence-corrected chi connectivity index (χ4v) is 3.89. The van der Waals surface area contributed by atoms with Gasteiger partial charge in [0.1, 0.15) is 5.75 Å². The van der Waals surface area contributed by atoms with Crippen LogP contribution in [0.25, 0.3) is 0 Å². The molecule has 0 bridgehead atoms. The molecule has 0 radical (unpaired) electrons. The summed E-state index contributed by atoms with van der Waals surface area (Å²) in [4.78, 5) is 19.1. The zero-order valence-electron chi connectivity index (χ0n) is 17.7. The topological polar surface area (TPSA) is 54.5 Å². The Morgan fingerprint density at radius 2 is 1.77 bits per heavy atom. The number of rotatable bonds is 7. The normalized spacial score (nSPS) is 16.5. The van der Waals surface area contributed by atoms with Gasteiger partial charge in [0.25, 0.3) is 0 Å². The molecule has 1 amide bonds. The Bertz CT molecular complexity index is 881. The molecule has 2 aliphatic rings. The van der Waals surface area contributed by atoms with Crippen LogP contribution in [0.1, 0.15) is 11.1 Å². The van der Waals surface area contributed by atoms with E-state index in [1.807, 2.05) is 37.4 Å². The minimum Gasteiger partial charge on any atom is -0.496 e. The smallest absolute Gasteiger partial charge is 0.236 e. The van der Waals surface area contributed by atoms with Crippen LogP contribution in [0, 0.1) is 0 Å². The highest BCUT2D eigenvalue weighted by Crippen LogP contribution is 2.32. The zero-order valence-corrected chi connectivity index (χ0v) is 17.7. The van der Waals surface area contributed by atoms with Gasteiger partial charge >= 0.3 is 0 Å². The summed E-state index contributed by atoms with van der Waals surface area (Å²) >= 11 is 0. The largest absolute Gasteiger partial charge is 0.496 e. The molecule has 30 heavy (non-hydrogen) atoms. The molecule has 2 aromatic carbocycles. The second-order valence-electron chi connectivity index (χ2n) is 7.80. The lowest BCUT2D eigenvalue weighted by Crippen LogP contribution is -2.49. The first kappa shape index (κ1) is 20.5. The van der Waals surface area contributed by atoms with Gasteiger partial charge in [-0.15, -0.1) is 0 Å². The Morgan fingerprint density at radius 3 is 2.57 bits per heavy atom. The van der Waals surface area contributed by atoms with Gasteiger partial charge in [0.05, 0.1) is 13.7 Å². The van der Waals surface area contributed by atoms with Crippen LogP contribution in [0.2, 0.25) is 0 Å². The molecule has 2 heterocycles. The van der Waals surface area contributed by atoms with E-state index in [0.29, 0.717) is 19.9 Å². The van der Waals surface area contributed by atoms with Crippen molar-refractivity contribution in [3.63, 3.8) is 0 Å². The van der Waals surface area contributed by atoms with Crippen LogP contribution in [-0.2, 0) is 17.9 Å². The lowest BCUT2D eigenvalue weighted by atomic mass is 10.1. The molecule has 2 aromatic rings. The van der Waals surface area contributed by atoms with Crippen molar-refractivity contribution in [2.24, 2.45) is 0 Å². The average Bonchev–Trinajstić information content (AvgIpc) is 3.23. The van der Waals surface area contributed by atoms with E-state index in [1.165, 1.54) is 5.56 Å². The molecule has 0 spiro atoms. The summed E-state index contributed by atoms with van der Waals surface area (Å²) in [5.74, 6) is 2.59. The number of carbonyl (C=O) groups is 1. The zero-order chi connectivity index (χ0) is 20.9. The van der Waals surface area contributed by atoms with Crippen LogP contribution in [0.3, 0.4) is 0 Å². The predicted octanol–water partition coefficient (Wildman–Crippen LogP) is 2.20. The van der Waals surface area contributed by atoms with Crippen LogP contribution < -0.4 is 14.2 Å². The maximum absolute atomic E-state index is 12.7. The molecule has 2 aliphatic heterocycles. The van der Waals surface area contributed by atoms with Gasteiger partial charge in [-0.3, -0.25) is 14.6 Å². The fraction of sp³-hybridized carbons (Fsp3) is 0.435. The van der Waals surface area contributed by atoms with Gasteiger partial charge in [0.2, 0.25) is 12.7 Å². The maximum atomic E-state index is 12.7. The third kappa shape index (κ3) is 4.86. The van der Waals surface area contributed by atoms with Gasteiger partial charge in [-0.2, -0.15) is 0 Å². The van der Waals surface area contributed by atoms with Crippen LogP contribution in [0.15, 0.2) is 42.5 Å². The van der Waals surface area contributed by atoms with Crippen molar-refractivity contribution in [2.75, 3.05) is 53.7 Å². The minimum absolute atomic E-state index is 0.130. The van der Waals surface area contributed by atoms with E-state index in [4.69, 9.17) is 14.2 Å². The second kappa shape index (κ2) is 9.36. The monoisotopic (exact) mass is 411 g/mol. The summed E-state index contributed by atoms with van der Waals surface area (Å²) in [7, 11) is 3.51. The molecule has 0 unspecified atom stereocenters. The van der Waals surface area contributed by atoms with Gasteiger partial charge in [-0.25, -0.2) is 0 Å². The van der Waals surface area contributed by atoms with Crippen molar-refractivity contribution in [1.29, 1.82) is 0 Å². The Morgan fingerprint density at radius 1 is 1.03 bits per heavy atom. The fourth-order valence-electron chi connectivity index (χ4n) is 3.89. The number of ether oxygens (including phenoxy) is 3. The summed E-state index contributed by atoms with van der Waals surface area (Å²) in [6.07, 6.45) is 0. The first-order chi connectivity index (χ1) is 14.6. The number of methoxy groups -OCH3 is 1. The maximum Gasteiger partial charge on any atom is 0.236 e. The van der Waals surface area contributed by atoms with Gasteiger partial charge in [0.15, 0.2) is 11.5 Å². The standard InChI is InChI=1S/C23H29N3O4/c1-24(15-19-5-3-4-6-20(19)28-2)23(27)16-26-11-9-25(10-12-26)14-18-7-8-21-22(13-18)30-17-29-21/h3-8,13H,9-12,14-17H2,1-2H3. The third-order valence-electron chi connectivity index (χ3n) is 5.69. The van der Waals surface area contributed by atoms with Crippen molar-refractivity contribution in [1.82, 2.24) is 14.7 Å². The SMILES string of the molecule is COc1ccccc1CN(C)C(=O)CN1CCN(Cc2ccc3c(c2)OCO3)CC1. The van der Waals surface area contributed by atoms with E-state index >= 15 is 0 Å². The molecular weight excluding hydrogens is 382 g/mol. The van der Waals surface area contributed by atoms with Crippen LogP contribution in [0.4, 0.5) is 0 Å². The molecule has 4 rings (SSSR count). The molecule has 0 saturated carbocycles. The van der Waals surface area contributed by atoms with Gasteiger partial charge < -0.3 is 19.1 Å². The highest BCUT2D eigenvalue weighted by atomic mass is 16.7. The highest BCUT2D eigenvalue weighted by Gasteiger charge is 2.22.